The Morgan fingerprint density at radius 3 is 2.94 bits per heavy atom. The van der Waals surface area contributed by atoms with Crippen molar-refractivity contribution < 1.29 is 9.47 Å². The maximum absolute atomic E-state index is 5.86. The Balaban J connectivity index is 2.19. The molecule has 0 saturated carbocycles. The molecule has 90 valence electrons. The van der Waals surface area contributed by atoms with Gasteiger partial charge in [-0.25, -0.2) is 0 Å². The molecule has 0 bridgehead atoms. The van der Waals surface area contributed by atoms with Gasteiger partial charge in [-0.15, -0.1) is 0 Å². The van der Waals surface area contributed by atoms with Crippen LogP contribution >= 0.6 is 0 Å². The predicted molar refractivity (Wildman–Crippen MR) is 68.1 cm³/mol. The number of nitrogens with two attached hydrogens (primary N) is 1. The molecule has 2 rings (SSSR count). The molecule has 0 atom stereocenters. The first kappa shape index (κ1) is 11.7. The Bertz CT molecular complexity index is 500. The second-order valence-corrected chi connectivity index (χ2v) is 3.75. The van der Waals surface area contributed by atoms with E-state index in [1.165, 1.54) is 0 Å². The summed E-state index contributed by atoms with van der Waals surface area (Å²) in [6.45, 7) is 1.33. The number of aromatic nitrogens is 1. The van der Waals surface area contributed by atoms with Gasteiger partial charge in [-0.1, -0.05) is 6.07 Å². The molecule has 0 aliphatic rings. The SMILES string of the molecule is COCCCOc1ccnc2c(N)cccc12. The van der Waals surface area contributed by atoms with E-state index in [0.29, 0.717) is 18.9 Å². The van der Waals surface area contributed by atoms with E-state index in [-0.39, 0.29) is 0 Å². The molecule has 0 fully saturated rings. The summed E-state index contributed by atoms with van der Waals surface area (Å²) in [4.78, 5) is 4.26. The summed E-state index contributed by atoms with van der Waals surface area (Å²) in [5.41, 5.74) is 7.32. The van der Waals surface area contributed by atoms with Crippen LogP contribution in [0.4, 0.5) is 5.69 Å². The normalized spacial score (nSPS) is 10.6. The summed E-state index contributed by atoms with van der Waals surface area (Å²) in [7, 11) is 1.68. The third-order valence-corrected chi connectivity index (χ3v) is 2.51. The first-order valence-electron chi connectivity index (χ1n) is 5.58. The third-order valence-electron chi connectivity index (χ3n) is 2.51. The van der Waals surface area contributed by atoms with Crippen molar-refractivity contribution in [1.29, 1.82) is 0 Å². The fourth-order valence-corrected chi connectivity index (χ4v) is 1.68. The molecule has 2 aromatic rings. The summed E-state index contributed by atoms with van der Waals surface area (Å²) in [6, 6.07) is 7.56. The van der Waals surface area contributed by atoms with Crippen LogP contribution in [-0.2, 0) is 4.74 Å². The maximum atomic E-state index is 5.86. The maximum Gasteiger partial charge on any atom is 0.130 e. The van der Waals surface area contributed by atoms with Gasteiger partial charge in [0.1, 0.15) is 5.75 Å². The monoisotopic (exact) mass is 232 g/mol. The molecule has 0 radical (unpaired) electrons. The zero-order valence-corrected chi connectivity index (χ0v) is 9.85. The van der Waals surface area contributed by atoms with Crippen LogP contribution < -0.4 is 10.5 Å². The molecule has 0 aliphatic heterocycles. The van der Waals surface area contributed by atoms with Gasteiger partial charge in [0.25, 0.3) is 0 Å². The molecule has 4 nitrogen and oxygen atoms in total. The number of pyridine rings is 1. The quantitative estimate of drug-likeness (QED) is 0.634. The fraction of sp³-hybridized carbons (Fsp3) is 0.308. The van der Waals surface area contributed by atoms with Crippen LogP contribution in [0.25, 0.3) is 10.9 Å². The van der Waals surface area contributed by atoms with Crippen molar-refractivity contribution in [2.75, 3.05) is 26.1 Å². The van der Waals surface area contributed by atoms with Gasteiger partial charge in [0.05, 0.1) is 17.8 Å². The molecule has 4 heteroatoms. The van der Waals surface area contributed by atoms with E-state index in [2.05, 4.69) is 4.98 Å². The number of nitrogen functional groups attached to an aromatic ring is 1. The Hall–Kier alpha value is -1.81. The van der Waals surface area contributed by atoms with E-state index in [4.69, 9.17) is 15.2 Å². The molecule has 0 saturated heterocycles. The zero-order valence-electron chi connectivity index (χ0n) is 9.85. The van der Waals surface area contributed by atoms with Gasteiger partial charge in [-0.2, -0.15) is 0 Å². The molecule has 2 N–H and O–H groups in total. The summed E-state index contributed by atoms with van der Waals surface area (Å²) in [6.07, 6.45) is 2.58. The number of ether oxygens (including phenoxy) is 2. The molecule has 0 amide bonds. The highest BCUT2D eigenvalue weighted by atomic mass is 16.5. The van der Waals surface area contributed by atoms with Crippen LogP contribution in [0, 0.1) is 0 Å². The van der Waals surface area contributed by atoms with Gasteiger partial charge < -0.3 is 15.2 Å². The van der Waals surface area contributed by atoms with Crippen LogP contribution in [-0.4, -0.2) is 25.3 Å². The summed E-state index contributed by atoms with van der Waals surface area (Å²) >= 11 is 0. The molecule has 0 unspecified atom stereocenters. The number of para-hydroxylation sites is 1. The third kappa shape index (κ3) is 2.65. The average Bonchev–Trinajstić information content (AvgIpc) is 2.36. The lowest BCUT2D eigenvalue weighted by Gasteiger charge is -2.09. The topological polar surface area (TPSA) is 57.4 Å². The predicted octanol–water partition coefficient (Wildman–Crippen LogP) is 2.23. The van der Waals surface area contributed by atoms with Crippen molar-refractivity contribution in [3.8, 4) is 5.75 Å². The van der Waals surface area contributed by atoms with Crippen molar-refractivity contribution in [2.45, 2.75) is 6.42 Å². The zero-order chi connectivity index (χ0) is 12.1. The van der Waals surface area contributed by atoms with Gasteiger partial charge in [0.2, 0.25) is 0 Å². The van der Waals surface area contributed by atoms with Crippen LogP contribution in [0.3, 0.4) is 0 Å². The van der Waals surface area contributed by atoms with E-state index < -0.39 is 0 Å². The molecule has 0 spiro atoms. The van der Waals surface area contributed by atoms with Gasteiger partial charge in [0.15, 0.2) is 0 Å². The van der Waals surface area contributed by atoms with E-state index in [0.717, 1.165) is 23.1 Å². The van der Waals surface area contributed by atoms with Crippen molar-refractivity contribution >= 4 is 16.6 Å². The first-order chi connectivity index (χ1) is 8.33. The van der Waals surface area contributed by atoms with Crippen LogP contribution in [0.5, 0.6) is 5.75 Å². The van der Waals surface area contributed by atoms with Gasteiger partial charge >= 0.3 is 0 Å². The molecular formula is C13H16N2O2. The second-order valence-electron chi connectivity index (χ2n) is 3.75. The van der Waals surface area contributed by atoms with Crippen molar-refractivity contribution in [3.05, 3.63) is 30.5 Å². The molecular weight excluding hydrogens is 216 g/mol. The number of rotatable bonds is 5. The molecule has 17 heavy (non-hydrogen) atoms. The average molecular weight is 232 g/mol. The molecule has 1 aromatic carbocycles. The smallest absolute Gasteiger partial charge is 0.130 e. The lowest BCUT2D eigenvalue weighted by molar-refractivity contribution is 0.172. The number of methoxy groups -OCH3 is 1. The Morgan fingerprint density at radius 2 is 2.12 bits per heavy atom. The van der Waals surface area contributed by atoms with Gasteiger partial charge in [-0.3, -0.25) is 4.98 Å². The van der Waals surface area contributed by atoms with Gasteiger partial charge in [0, 0.05) is 31.7 Å². The van der Waals surface area contributed by atoms with E-state index in [1.807, 2.05) is 24.3 Å². The van der Waals surface area contributed by atoms with Crippen LogP contribution in [0.2, 0.25) is 0 Å². The van der Waals surface area contributed by atoms with Crippen molar-refractivity contribution in [2.24, 2.45) is 0 Å². The number of hydrogen-bond donors (Lipinski definition) is 1. The highest BCUT2D eigenvalue weighted by molar-refractivity contribution is 5.93. The second kappa shape index (κ2) is 5.50. The minimum Gasteiger partial charge on any atom is -0.493 e. The Morgan fingerprint density at radius 1 is 1.24 bits per heavy atom. The lowest BCUT2D eigenvalue weighted by atomic mass is 10.2. The van der Waals surface area contributed by atoms with Crippen molar-refractivity contribution in [3.63, 3.8) is 0 Å². The minimum atomic E-state index is 0.627. The number of hydrogen-bond acceptors (Lipinski definition) is 4. The van der Waals surface area contributed by atoms with Crippen LogP contribution in [0.1, 0.15) is 6.42 Å². The summed E-state index contributed by atoms with van der Waals surface area (Å²) in [5, 5.41) is 0.949. The molecule has 1 aromatic heterocycles. The van der Waals surface area contributed by atoms with E-state index >= 15 is 0 Å². The van der Waals surface area contributed by atoms with Gasteiger partial charge in [-0.05, 0) is 18.2 Å². The number of fused-ring (bicyclic) bond motifs is 1. The Labute approximate surface area is 100 Å². The lowest BCUT2D eigenvalue weighted by Crippen LogP contribution is -2.02. The molecule has 0 aliphatic carbocycles. The standard InChI is InChI=1S/C13H16N2O2/c1-16-8-3-9-17-12-6-7-15-13-10(12)4-2-5-11(13)14/h2,4-7H,3,8-9,14H2,1H3. The summed E-state index contributed by atoms with van der Waals surface area (Å²) < 4.78 is 10.7. The summed E-state index contributed by atoms with van der Waals surface area (Å²) in [5.74, 6) is 0.818. The number of benzene rings is 1. The highest BCUT2D eigenvalue weighted by Crippen LogP contribution is 2.27. The highest BCUT2D eigenvalue weighted by Gasteiger charge is 2.04. The Kier molecular flexibility index (Phi) is 3.77. The first-order valence-corrected chi connectivity index (χ1v) is 5.58. The largest absolute Gasteiger partial charge is 0.493 e. The van der Waals surface area contributed by atoms with Crippen LogP contribution in [0.15, 0.2) is 30.5 Å². The van der Waals surface area contributed by atoms with E-state index in [1.54, 1.807) is 13.3 Å². The minimum absolute atomic E-state index is 0.627. The fourth-order valence-electron chi connectivity index (χ4n) is 1.68. The number of nitrogens with zero attached hydrogens (tertiary/aromatic N) is 1. The number of anilines is 1. The molecule has 1 heterocycles. The van der Waals surface area contributed by atoms with E-state index in [9.17, 15) is 0 Å². The van der Waals surface area contributed by atoms with Crippen molar-refractivity contribution in [1.82, 2.24) is 4.98 Å².